The second-order valence-corrected chi connectivity index (χ2v) is 7.82. The molecule has 0 heterocycles. The molecule has 2 atom stereocenters. The van der Waals surface area contributed by atoms with Gasteiger partial charge in [-0.1, -0.05) is 18.2 Å². The van der Waals surface area contributed by atoms with Crippen LogP contribution in [0.25, 0.3) is 11.1 Å². The number of phenolic OH excluding ortho intramolecular Hbond substituents is 1. The fourth-order valence-corrected chi connectivity index (χ4v) is 3.61. The van der Waals surface area contributed by atoms with Gasteiger partial charge in [-0.05, 0) is 73.0 Å². The van der Waals surface area contributed by atoms with Gasteiger partial charge in [0.2, 0.25) is 0 Å². The van der Waals surface area contributed by atoms with E-state index >= 15 is 0 Å². The maximum Gasteiger partial charge on any atom is 0.335 e. The summed E-state index contributed by atoms with van der Waals surface area (Å²) in [5, 5.41) is 32.4. The van der Waals surface area contributed by atoms with Gasteiger partial charge in [-0.25, -0.2) is 4.79 Å². The molecule has 3 aromatic carbocycles. The van der Waals surface area contributed by atoms with Crippen molar-refractivity contribution in [2.75, 3.05) is 20.3 Å². The van der Waals surface area contributed by atoms with Gasteiger partial charge in [-0.2, -0.15) is 0 Å². The molecule has 0 aromatic heterocycles. The molecule has 4 N–H and O–H groups in total. The number of aryl methyl sites for hydroxylation is 1. The SMILES string of the molecule is COc1ccc(C(=O)O)cc1-c1ccc(OCCN[C@H](C)[C@H](O)c2ccc(O)cc2)cc1C. The Kier molecular flexibility index (Phi) is 7.92. The van der Waals surface area contributed by atoms with Gasteiger partial charge >= 0.3 is 5.97 Å². The Morgan fingerprint density at radius 3 is 2.39 bits per heavy atom. The molecule has 7 heteroatoms. The molecule has 0 aliphatic heterocycles. The smallest absolute Gasteiger partial charge is 0.335 e. The predicted octanol–water partition coefficient (Wildman–Crippen LogP) is 4.16. The number of aromatic carboxylic acids is 1. The monoisotopic (exact) mass is 451 g/mol. The topological polar surface area (TPSA) is 108 Å². The standard InChI is InChI=1S/C26H29NO6/c1-16-14-21(9-10-22(16)23-15-19(26(30)31)6-11-24(23)32-3)33-13-12-27-17(2)25(29)18-4-7-20(28)8-5-18/h4-11,14-15,17,25,27-29H,12-13H2,1-3H3,(H,30,31)/t17-,25+/m1/s1. The summed E-state index contributed by atoms with van der Waals surface area (Å²) < 4.78 is 11.3. The third-order valence-electron chi connectivity index (χ3n) is 5.48. The van der Waals surface area contributed by atoms with E-state index in [2.05, 4.69) is 5.32 Å². The van der Waals surface area contributed by atoms with E-state index in [-0.39, 0.29) is 17.4 Å². The molecule has 3 rings (SSSR count). The molecule has 0 saturated heterocycles. The molecule has 0 radical (unpaired) electrons. The van der Waals surface area contributed by atoms with Crippen LogP contribution in [0.1, 0.15) is 34.5 Å². The third kappa shape index (κ3) is 6.03. The van der Waals surface area contributed by atoms with Gasteiger partial charge in [0.25, 0.3) is 0 Å². The highest BCUT2D eigenvalue weighted by atomic mass is 16.5. The number of benzene rings is 3. The second kappa shape index (κ2) is 10.8. The summed E-state index contributed by atoms with van der Waals surface area (Å²) in [4.78, 5) is 11.4. The van der Waals surface area contributed by atoms with E-state index in [0.717, 1.165) is 16.7 Å². The van der Waals surface area contributed by atoms with Gasteiger partial charge in [0, 0.05) is 18.2 Å². The van der Waals surface area contributed by atoms with Crippen LogP contribution in [0, 0.1) is 6.92 Å². The highest BCUT2D eigenvalue weighted by Gasteiger charge is 2.16. The van der Waals surface area contributed by atoms with Gasteiger partial charge in [-0.15, -0.1) is 0 Å². The molecule has 174 valence electrons. The minimum Gasteiger partial charge on any atom is -0.508 e. The van der Waals surface area contributed by atoms with E-state index in [9.17, 15) is 20.1 Å². The molecule has 0 saturated carbocycles. The van der Waals surface area contributed by atoms with Crippen LogP contribution < -0.4 is 14.8 Å². The fourth-order valence-electron chi connectivity index (χ4n) is 3.61. The van der Waals surface area contributed by atoms with E-state index < -0.39 is 12.1 Å². The minimum atomic E-state index is -0.992. The Bertz CT molecular complexity index is 1100. The number of hydrogen-bond donors (Lipinski definition) is 4. The Hall–Kier alpha value is -3.55. The van der Waals surface area contributed by atoms with Crippen molar-refractivity contribution in [2.24, 2.45) is 0 Å². The predicted molar refractivity (Wildman–Crippen MR) is 126 cm³/mol. The zero-order chi connectivity index (χ0) is 24.0. The van der Waals surface area contributed by atoms with Gasteiger partial charge in [0.05, 0.1) is 18.8 Å². The first-order chi connectivity index (χ1) is 15.8. The van der Waals surface area contributed by atoms with Gasteiger partial charge in [0.1, 0.15) is 23.9 Å². The molecule has 33 heavy (non-hydrogen) atoms. The molecule has 0 bridgehead atoms. The summed E-state index contributed by atoms with van der Waals surface area (Å²) in [6.45, 7) is 4.76. The number of methoxy groups -OCH3 is 1. The lowest BCUT2D eigenvalue weighted by Crippen LogP contribution is -2.35. The quantitative estimate of drug-likeness (QED) is 0.343. The van der Waals surface area contributed by atoms with E-state index in [1.165, 1.54) is 6.07 Å². The van der Waals surface area contributed by atoms with Crippen LogP contribution in [0.3, 0.4) is 0 Å². The van der Waals surface area contributed by atoms with Crippen LogP contribution in [-0.2, 0) is 0 Å². The number of ether oxygens (including phenoxy) is 2. The number of rotatable bonds is 10. The molecule has 0 fully saturated rings. The third-order valence-corrected chi connectivity index (χ3v) is 5.48. The molecule has 3 aromatic rings. The van der Waals surface area contributed by atoms with Crippen LogP contribution in [0.2, 0.25) is 0 Å². The molecule has 0 aliphatic rings. The number of aromatic hydroxyl groups is 1. The number of carbonyl (C=O) groups is 1. The molecular weight excluding hydrogens is 422 g/mol. The number of aliphatic hydroxyl groups is 1. The maximum atomic E-state index is 11.4. The van der Waals surface area contributed by atoms with Crippen molar-refractivity contribution in [3.63, 3.8) is 0 Å². The van der Waals surface area contributed by atoms with Crippen molar-refractivity contribution in [1.29, 1.82) is 0 Å². The lowest BCUT2D eigenvalue weighted by molar-refractivity contribution is 0.0697. The van der Waals surface area contributed by atoms with Crippen LogP contribution in [-0.4, -0.2) is 47.6 Å². The van der Waals surface area contributed by atoms with Gasteiger partial charge in [0.15, 0.2) is 0 Å². The van der Waals surface area contributed by atoms with Crippen LogP contribution in [0.15, 0.2) is 60.7 Å². The molecular formula is C26H29NO6. The second-order valence-electron chi connectivity index (χ2n) is 7.82. The summed E-state index contributed by atoms with van der Waals surface area (Å²) in [5.74, 6) is 0.461. The van der Waals surface area contributed by atoms with Crippen LogP contribution in [0.4, 0.5) is 0 Å². The number of nitrogens with one attached hydrogen (secondary N) is 1. The fraction of sp³-hybridized carbons (Fsp3) is 0.269. The van der Waals surface area contributed by atoms with Crippen molar-refractivity contribution in [2.45, 2.75) is 26.0 Å². The summed E-state index contributed by atoms with van der Waals surface area (Å²) in [7, 11) is 1.55. The van der Waals surface area contributed by atoms with E-state index in [4.69, 9.17) is 9.47 Å². The first kappa shape index (κ1) is 24.1. The summed E-state index contributed by atoms with van der Waals surface area (Å²) >= 11 is 0. The Morgan fingerprint density at radius 2 is 1.76 bits per heavy atom. The Balaban J connectivity index is 1.59. The summed E-state index contributed by atoms with van der Waals surface area (Å²) in [6.07, 6.45) is -0.705. The van der Waals surface area contributed by atoms with E-state index in [1.807, 2.05) is 32.0 Å². The van der Waals surface area contributed by atoms with Crippen molar-refractivity contribution in [1.82, 2.24) is 5.32 Å². The average Bonchev–Trinajstić information content (AvgIpc) is 2.81. The van der Waals surface area contributed by atoms with Crippen molar-refractivity contribution >= 4 is 5.97 Å². The summed E-state index contributed by atoms with van der Waals surface area (Å²) in [6, 6.07) is 16.7. The van der Waals surface area contributed by atoms with Crippen molar-refractivity contribution < 1.29 is 29.6 Å². The number of hydrogen-bond acceptors (Lipinski definition) is 6. The zero-order valence-electron chi connectivity index (χ0n) is 18.9. The van der Waals surface area contributed by atoms with Gasteiger partial charge < -0.3 is 30.1 Å². The van der Waals surface area contributed by atoms with Crippen molar-refractivity contribution in [3.8, 4) is 28.4 Å². The molecule has 7 nitrogen and oxygen atoms in total. The normalized spacial score (nSPS) is 12.7. The van der Waals surface area contributed by atoms with Crippen molar-refractivity contribution in [3.05, 3.63) is 77.4 Å². The maximum absolute atomic E-state index is 11.4. The van der Waals surface area contributed by atoms with E-state index in [1.54, 1.807) is 43.5 Å². The highest BCUT2D eigenvalue weighted by Crippen LogP contribution is 2.34. The molecule has 0 spiro atoms. The zero-order valence-corrected chi connectivity index (χ0v) is 18.9. The Labute approximate surface area is 193 Å². The minimum absolute atomic E-state index is 0.161. The summed E-state index contributed by atoms with van der Waals surface area (Å²) in [5.41, 5.74) is 3.42. The number of phenols is 1. The number of aliphatic hydroxyl groups excluding tert-OH is 1. The molecule has 0 unspecified atom stereocenters. The first-order valence-corrected chi connectivity index (χ1v) is 10.7. The van der Waals surface area contributed by atoms with Gasteiger partial charge in [-0.3, -0.25) is 0 Å². The lowest BCUT2D eigenvalue weighted by atomic mass is 9.97. The Morgan fingerprint density at radius 1 is 1.03 bits per heavy atom. The van der Waals surface area contributed by atoms with Crippen LogP contribution in [0.5, 0.6) is 17.2 Å². The molecule has 0 aliphatic carbocycles. The average molecular weight is 452 g/mol. The largest absolute Gasteiger partial charge is 0.508 e. The highest BCUT2D eigenvalue weighted by molar-refractivity contribution is 5.90. The lowest BCUT2D eigenvalue weighted by Gasteiger charge is -2.21. The van der Waals surface area contributed by atoms with Crippen LogP contribution >= 0.6 is 0 Å². The first-order valence-electron chi connectivity index (χ1n) is 10.7. The number of carboxylic acid groups (broad SMARTS) is 1. The molecule has 0 amide bonds. The number of carboxylic acids is 1. The van der Waals surface area contributed by atoms with E-state index in [0.29, 0.717) is 30.2 Å².